The maximum Gasteiger partial charge on any atom is 0.124 e. The average molecular weight is 234 g/mol. The Bertz CT molecular complexity index is 367. The standard InChI is InChI=1S/C14H22N2O/c1-11-10-17-13-7-5-4-6-12(13)14(11)16(3)9-8-15-2/h4-7,11,14-15H,8-10H2,1-3H3. The Balaban J connectivity index is 2.20. The van der Waals surface area contributed by atoms with Gasteiger partial charge in [-0.3, -0.25) is 4.90 Å². The van der Waals surface area contributed by atoms with Crippen molar-refractivity contribution in [2.45, 2.75) is 13.0 Å². The van der Waals surface area contributed by atoms with E-state index in [2.05, 4.69) is 42.4 Å². The Morgan fingerprint density at radius 1 is 1.41 bits per heavy atom. The van der Waals surface area contributed by atoms with Crippen molar-refractivity contribution in [1.82, 2.24) is 10.2 Å². The average Bonchev–Trinajstić information content (AvgIpc) is 2.35. The molecule has 0 spiro atoms. The fourth-order valence-electron chi connectivity index (χ4n) is 2.57. The number of rotatable bonds is 4. The van der Waals surface area contributed by atoms with Gasteiger partial charge < -0.3 is 10.1 Å². The number of likely N-dealkylation sites (N-methyl/N-ethyl adjacent to an activating group) is 2. The van der Waals surface area contributed by atoms with Crippen LogP contribution in [0, 0.1) is 5.92 Å². The molecule has 2 atom stereocenters. The molecule has 1 N–H and O–H groups in total. The lowest BCUT2D eigenvalue weighted by Crippen LogP contribution is -2.38. The first-order valence-corrected chi connectivity index (χ1v) is 6.30. The second kappa shape index (κ2) is 5.52. The molecular weight excluding hydrogens is 212 g/mol. The van der Waals surface area contributed by atoms with Crippen molar-refractivity contribution in [1.29, 1.82) is 0 Å². The minimum Gasteiger partial charge on any atom is -0.493 e. The molecule has 0 amide bonds. The Labute approximate surface area is 104 Å². The van der Waals surface area contributed by atoms with Crippen LogP contribution in [0.2, 0.25) is 0 Å². The summed E-state index contributed by atoms with van der Waals surface area (Å²) in [5, 5.41) is 3.20. The lowest BCUT2D eigenvalue weighted by atomic mass is 9.91. The molecular formula is C14H22N2O. The van der Waals surface area contributed by atoms with Crippen LogP contribution in [-0.2, 0) is 0 Å². The molecule has 1 aliphatic heterocycles. The Morgan fingerprint density at radius 3 is 2.94 bits per heavy atom. The highest BCUT2D eigenvalue weighted by Crippen LogP contribution is 2.38. The second-order valence-corrected chi connectivity index (χ2v) is 4.86. The summed E-state index contributed by atoms with van der Waals surface area (Å²) in [6.45, 7) is 5.14. The summed E-state index contributed by atoms with van der Waals surface area (Å²) in [6, 6.07) is 8.86. The smallest absolute Gasteiger partial charge is 0.124 e. The summed E-state index contributed by atoms with van der Waals surface area (Å²) < 4.78 is 5.78. The molecule has 3 heteroatoms. The van der Waals surface area contributed by atoms with Crippen LogP contribution in [0.25, 0.3) is 0 Å². The fourth-order valence-corrected chi connectivity index (χ4v) is 2.57. The summed E-state index contributed by atoms with van der Waals surface area (Å²) in [5.41, 5.74) is 1.32. The molecule has 1 aliphatic rings. The predicted molar refractivity (Wildman–Crippen MR) is 70.4 cm³/mol. The van der Waals surface area contributed by atoms with Crippen molar-refractivity contribution in [3.8, 4) is 5.75 Å². The highest BCUT2D eigenvalue weighted by Gasteiger charge is 2.30. The summed E-state index contributed by atoms with van der Waals surface area (Å²) in [6.07, 6.45) is 0. The van der Waals surface area contributed by atoms with Gasteiger partial charge in [-0.25, -0.2) is 0 Å². The minimum absolute atomic E-state index is 0.466. The molecule has 17 heavy (non-hydrogen) atoms. The van der Waals surface area contributed by atoms with E-state index in [4.69, 9.17) is 4.74 Å². The van der Waals surface area contributed by atoms with Crippen LogP contribution in [0.3, 0.4) is 0 Å². The number of nitrogens with one attached hydrogen (secondary N) is 1. The van der Waals surface area contributed by atoms with Crippen LogP contribution in [-0.4, -0.2) is 38.7 Å². The topological polar surface area (TPSA) is 24.5 Å². The van der Waals surface area contributed by atoms with Gasteiger partial charge in [-0.2, -0.15) is 0 Å². The molecule has 3 nitrogen and oxygen atoms in total. The SMILES string of the molecule is CNCCN(C)C1c2ccccc2OCC1C. The number of para-hydroxylation sites is 1. The van der Waals surface area contributed by atoms with Crippen LogP contribution in [0.5, 0.6) is 5.75 Å². The zero-order chi connectivity index (χ0) is 12.3. The van der Waals surface area contributed by atoms with Crippen molar-refractivity contribution in [2.24, 2.45) is 5.92 Å². The molecule has 0 aliphatic carbocycles. The van der Waals surface area contributed by atoms with E-state index in [1.165, 1.54) is 5.56 Å². The summed E-state index contributed by atoms with van der Waals surface area (Å²) in [4.78, 5) is 2.42. The maximum atomic E-state index is 5.78. The minimum atomic E-state index is 0.466. The van der Waals surface area contributed by atoms with Gasteiger partial charge in [0.1, 0.15) is 5.75 Å². The molecule has 0 saturated heterocycles. The molecule has 1 heterocycles. The van der Waals surface area contributed by atoms with Gasteiger partial charge in [-0.1, -0.05) is 25.1 Å². The molecule has 1 aromatic rings. The van der Waals surface area contributed by atoms with Crippen LogP contribution >= 0.6 is 0 Å². The van der Waals surface area contributed by atoms with Gasteiger partial charge in [0.2, 0.25) is 0 Å². The van der Waals surface area contributed by atoms with Gasteiger partial charge in [0.05, 0.1) is 6.61 Å². The molecule has 0 fully saturated rings. The highest BCUT2D eigenvalue weighted by atomic mass is 16.5. The van der Waals surface area contributed by atoms with Crippen molar-refractivity contribution < 1.29 is 4.74 Å². The molecule has 2 unspecified atom stereocenters. The van der Waals surface area contributed by atoms with E-state index >= 15 is 0 Å². The first-order chi connectivity index (χ1) is 8.24. The predicted octanol–water partition coefficient (Wildman–Crippen LogP) is 1.91. The second-order valence-electron chi connectivity index (χ2n) is 4.86. The van der Waals surface area contributed by atoms with Gasteiger partial charge in [-0.15, -0.1) is 0 Å². The monoisotopic (exact) mass is 234 g/mol. The summed E-state index contributed by atoms with van der Waals surface area (Å²) in [7, 11) is 4.19. The molecule has 94 valence electrons. The summed E-state index contributed by atoms with van der Waals surface area (Å²) >= 11 is 0. The molecule has 0 aromatic heterocycles. The largest absolute Gasteiger partial charge is 0.493 e. The summed E-state index contributed by atoms with van der Waals surface area (Å²) in [5.74, 6) is 1.58. The van der Waals surface area contributed by atoms with Crippen molar-refractivity contribution in [2.75, 3.05) is 33.8 Å². The van der Waals surface area contributed by atoms with E-state index in [-0.39, 0.29) is 0 Å². The van der Waals surface area contributed by atoms with E-state index < -0.39 is 0 Å². The van der Waals surface area contributed by atoms with E-state index in [1.807, 2.05) is 13.1 Å². The third kappa shape index (κ3) is 2.61. The number of nitrogens with zero attached hydrogens (tertiary/aromatic N) is 1. The van der Waals surface area contributed by atoms with Gasteiger partial charge in [0.25, 0.3) is 0 Å². The third-order valence-electron chi connectivity index (χ3n) is 3.47. The van der Waals surface area contributed by atoms with Crippen molar-refractivity contribution >= 4 is 0 Å². The highest BCUT2D eigenvalue weighted by molar-refractivity contribution is 5.37. The lowest BCUT2D eigenvalue weighted by Gasteiger charge is -2.37. The number of benzene rings is 1. The lowest BCUT2D eigenvalue weighted by molar-refractivity contribution is 0.111. The number of ether oxygens (including phenoxy) is 1. The van der Waals surface area contributed by atoms with E-state index in [1.54, 1.807) is 0 Å². The maximum absolute atomic E-state index is 5.78. The fraction of sp³-hybridized carbons (Fsp3) is 0.571. The van der Waals surface area contributed by atoms with E-state index in [0.717, 1.165) is 25.4 Å². The van der Waals surface area contributed by atoms with Gasteiger partial charge in [0.15, 0.2) is 0 Å². The van der Waals surface area contributed by atoms with Crippen LogP contribution in [0.1, 0.15) is 18.5 Å². The van der Waals surface area contributed by atoms with Crippen LogP contribution < -0.4 is 10.1 Å². The first kappa shape index (κ1) is 12.4. The van der Waals surface area contributed by atoms with Crippen molar-refractivity contribution in [3.63, 3.8) is 0 Å². The molecule has 1 aromatic carbocycles. The zero-order valence-corrected chi connectivity index (χ0v) is 10.9. The molecule has 0 bridgehead atoms. The van der Waals surface area contributed by atoms with Crippen LogP contribution in [0.15, 0.2) is 24.3 Å². The zero-order valence-electron chi connectivity index (χ0n) is 10.9. The van der Waals surface area contributed by atoms with Crippen LogP contribution in [0.4, 0.5) is 0 Å². The van der Waals surface area contributed by atoms with E-state index in [0.29, 0.717) is 12.0 Å². The van der Waals surface area contributed by atoms with Gasteiger partial charge in [0, 0.05) is 30.6 Å². The first-order valence-electron chi connectivity index (χ1n) is 6.30. The third-order valence-corrected chi connectivity index (χ3v) is 3.47. The van der Waals surface area contributed by atoms with Gasteiger partial charge in [-0.05, 0) is 20.2 Å². The molecule has 0 saturated carbocycles. The van der Waals surface area contributed by atoms with Gasteiger partial charge >= 0.3 is 0 Å². The Morgan fingerprint density at radius 2 is 2.18 bits per heavy atom. The number of fused-ring (bicyclic) bond motifs is 1. The van der Waals surface area contributed by atoms with Crippen molar-refractivity contribution in [3.05, 3.63) is 29.8 Å². The Kier molecular flexibility index (Phi) is 4.02. The van der Waals surface area contributed by atoms with E-state index in [9.17, 15) is 0 Å². The number of hydrogen-bond acceptors (Lipinski definition) is 3. The molecule has 0 radical (unpaired) electrons. The quantitative estimate of drug-likeness (QED) is 0.861. The molecule has 2 rings (SSSR count). The Hall–Kier alpha value is -1.06. The number of hydrogen-bond donors (Lipinski definition) is 1. The normalized spacial score (nSPS) is 23.3.